The van der Waals surface area contributed by atoms with Gasteiger partial charge in [-0.3, -0.25) is 4.79 Å². The van der Waals surface area contributed by atoms with Crippen molar-refractivity contribution in [2.75, 3.05) is 38.3 Å². The fourth-order valence-electron chi connectivity index (χ4n) is 3.98. The van der Waals surface area contributed by atoms with Crippen LogP contribution in [-0.2, 0) is 5.41 Å². The lowest BCUT2D eigenvalue weighted by Crippen LogP contribution is -2.24. The number of nitrogens with zero attached hydrogens (tertiary/aromatic N) is 2. The summed E-state index contributed by atoms with van der Waals surface area (Å²) in [5.74, 6) is -0.451. The Hall–Kier alpha value is -2.38. The molecule has 0 bridgehead atoms. The summed E-state index contributed by atoms with van der Waals surface area (Å²) in [6.07, 6.45) is 2.31. The first-order valence-corrected chi connectivity index (χ1v) is 9.03. The third-order valence-electron chi connectivity index (χ3n) is 5.62. The highest BCUT2D eigenvalue weighted by atomic mass is 35.5. The molecule has 2 heterocycles. The maximum absolute atomic E-state index is 15.2. The summed E-state index contributed by atoms with van der Waals surface area (Å²) in [5.41, 5.74) is 6.89. The van der Waals surface area contributed by atoms with Crippen molar-refractivity contribution < 1.29 is 14.3 Å². The number of amides is 1. The Morgan fingerprint density at radius 1 is 1.48 bits per heavy atom. The number of pyridine rings is 1. The van der Waals surface area contributed by atoms with Crippen molar-refractivity contribution in [2.45, 2.75) is 11.8 Å². The van der Waals surface area contributed by atoms with Crippen LogP contribution in [0.2, 0.25) is 5.02 Å². The minimum absolute atomic E-state index is 0.0688. The number of fused-ring (bicyclic) bond motifs is 2. The predicted octanol–water partition coefficient (Wildman–Crippen LogP) is 2.50. The number of nitrogen functional groups attached to an aromatic ring is 1. The fraction of sp³-hybridized carbons (Fsp3) is 0.368. The van der Waals surface area contributed by atoms with Gasteiger partial charge in [-0.1, -0.05) is 11.6 Å². The number of carbonyl (C=O) groups is 1. The highest BCUT2D eigenvalue weighted by Crippen LogP contribution is 2.61. The maximum Gasteiger partial charge on any atom is 0.258 e. The number of aliphatic hydroxyl groups is 1. The van der Waals surface area contributed by atoms with E-state index in [9.17, 15) is 9.90 Å². The predicted molar refractivity (Wildman–Crippen MR) is 102 cm³/mol. The molecule has 27 heavy (non-hydrogen) atoms. The van der Waals surface area contributed by atoms with E-state index >= 15 is 4.39 Å². The summed E-state index contributed by atoms with van der Waals surface area (Å²) < 4.78 is 15.2. The van der Waals surface area contributed by atoms with Crippen LogP contribution in [0.25, 0.3) is 11.1 Å². The number of rotatable bonds is 3. The number of aliphatic hydroxyl groups excluding tert-OH is 1. The maximum atomic E-state index is 15.2. The summed E-state index contributed by atoms with van der Waals surface area (Å²) in [5, 5.41) is 13.2. The molecule has 142 valence electrons. The van der Waals surface area contributed by atoms with Crippen molar-refractivity contribution in [1.29, 1.82) is 0 Å². The van der Waals surface area contributed by atoms with Crippen LogP contribution in [0.4, 0.5) is 15.9 Å². The van der Waals surface area contributed by atoms with Gasteiger partial charge < -0.3 is 21.1 Å². The molecule has 1 amide bonds. The van der Waals surface area contributed by atoms with Crippen LogP contribution in [0, 0.1) is 11.7 Å². The second-order valence-electron chi connectivity index (χ2n) is 7.39. The summed E-state index contributed by atoms with van der Waals surface area (Å²) in [4.78, 5) is 18.0. The molecule has 1 aliphatic carbocycles. The molecule has 1 saturated carbocycles. The smallest absolute Gasteiger partial charge is 0.258 e. The highest BCUT2D eigenvalue weighted by Gasteiger charge is 2.59. The van der Waals surface area contributed by atoms with Gasteiger partial charge >= 0.3 is 0 Å². The topological polar surface area (TPSA) is 91.5 Å². The quantitative estimate of drug-likeness (QED) is 0.700. The van der Waals surface area contributed by atoms with E-state index < -0.39 is 11.7 Å². The number of aromatic nitrogens is 1. The minimum Gasteiger partial charge on any atom is -0.398 e. The Morgan fingerprint density at radius 2 is 2.22 bits per heavy atom. The lowest BCUT2D eigenvalue weighted by atomic mass is 9.93. The highest BCUT2D eigenvalue weighted by molar-refractivity contribution is 6.34. The zero-order chi connectivity index (χ0) is 19.5. The van der Waals surface area contributed by atoms with Gasteiger partial charge in [0.25, 0.3) is 5.91 Å². The Labute approximate surface area is 161 Å². The van der Waals surface area contributed by atoms with Crippen molar-refractivity contribution in [2.24, 2.45) is 5.92 Å². The number of anilines is 2. The number of benzene rings is 1. The number of carbonyl (C=O) groups excluding carboxylic acids is 1. The molecule has 2 aromatic rings. The van der Waals surface area contributed by atoms with Crippen molar-refractivity contribution in [3.63, 3.8) is 0 Å². The van der Waals surface area contributed by atoms with E-state index in [1.807, 2.05) is 0 Å². The molecule has 2 unspecified atom stereocenters. The molecule has 0 radical (unpaired) electrons. The average molecular weight is 391 g/mol. The van der Waals surface area contributed by atoms with Crippen molar-refractivity contribution in [1.82, 2.24) is 9.88 Å². The Kier molecular flexibility index (Phi) is 4.05. The number of nitrogens with one attached hydrogen (secondary N) is 1. The zero-order valence-electron chi connectivity index (χ0n) is 15.0. The van der Waals surface area contributed by atoms with E-state index in [0.717, 1.165) is 12.0 Å². The average Bonchev–Trinajstić information content (AvgIpc) is 3.21. The van der Waals surface area contributed by atoms with Crippen LogP contribution in [-0.4, -0.2) is 48.1 Å². The largest absolute Gasteiger partial charge is 0.398 e. The summed E-state index contributed by atoms with van der Waals surface area (Å²) in [6, 6.07) is 3.01. The van der Waals surface area contributed by atoms with E-state index in [4.69, 9.17) is 17.3 Å². The van der Waals surface area contributed by atoms with Crippen molar-refractivity contribution in [3.8, 4) is 11.1 Å². The van der Waals surface area contributed by atoms with E-state index in [-0.39, 0.29) is 34.8 Å². The Balaban J connectivity index is 1.87. The molecule has 4 rings (SSSR count). The SMILES string of the molecule is CN(C)C(=O)c1c(N)ccc(-c2cnc3c(c2Cl)C2(CN3)CC2CO)c1F. The second kappa shape index (κ2) is 6.07. The van der Waals surface area contributed by atoms with Crippen molar-refractivity contribution >= 4 is 29.0 Å². The fourth-order valence-corrected chi connectivity index (χ4v) is 4.41. The lowest BCUT2D eigenvalue weighted by Gasteiger charge is -2.17. The Morgan fingerprint density at radius 3 is 2.85 bits per heavy atom. The first-order valence-electron chi connectivity index (χ1n) is 8.65. The van der Waals surface area contributed by atoms with Gasteiger partial charge in [-0.05, 0) is 24.5 Å². The van der Waals surface area contributed by atoms with Gasteiger partial charge in [0.2, 0.25) is 0 Å². The molecular weight excluding hydrogens is 371 g/mol. The van der Waals surface area contributed by atoms with Crippen LogP contribution in [0.1, 0.15) is 22.3 Å². The molecule has 0 saturated heterocycles. The van der Waals surface area contributed by atoms with E-state index in [0.29, 0.717) is 22.9 Å². The molecule has 1 aromatic carbocycles. The first kappa shape index (κ1) is 18.0. The van der Waals surface area contributed by atoms with Crippen LogP contribution in [0.5, 0.6) is 0 Å². The van der Waals surface area contributed by atoms with E-state index in [1.54, 1.807) is 0 Å². The summed E-state index contributed by atoms with van der Waals surface area (Å²) in [7, 11) is 3.07. The second-order valence-corrected chi connectivity index (χ2v) is 7.77. The number of nitrogens with two attached hydrogens (primary N) is 1. The van der Waals surface area contributed by atoms with Gasteiger partial charge in [0.05, 0.1) is 10.6 Å². The van der Waals surface area contributed by atoms with Gasteiger partial charge in [0.15, 0.2) is 0 Å². The molecule has 1 spiro atoms. The lowest BCUT2D eigenvalue weighted by molar-refractivity contribution is 0.0824. The molecule has 2 aliphatic rings. The van der Waals surface area contributed by atoms with Crippen LogP contribution < -0.4 is 11.1 Å². The van der Waals surface area contributed by atoms with Gasteiger partial charge in [-0.25, -0.2) is 9.37 Å². The third kappa shape index (κ3) is 2.49. The molecule has 4 N–H and O–H groups in total. The van der Waals surface area contributed by atoms with Gasteiger partial charge in [-0.15, -0.1) is 0 Å². The molecule has 2 atom stereocenters. The van der Waals surface area contributed by atoms with Crippen LogP contribution in [0.15, 0.2) is 18.3 Å². The monoisotopic (exact) mass is 390 g/mol. The Bertz CT molecular complexity index is 965. The molecule has 1 aliphatic heterocycles. The van der Waals surface area contributed by atoms with E-state index in [1.165, 1.54) is 37.3 Å². The third-order valence-corrected chi connectivity index (χ3v) is 6.01. The van der Waals surface area contributed by atoms with Gasteiger partial charge in [0.1, 0.15) is 11.6 Å². The van der Waals surface area contributed by atoms with Crippen molar-refractivity contribution in [3.05, 3.63) is 40.3 Å². The number of hydrogen-bond donors (Lipinski definition) is 3. The first-order chi connectivity index (χ1) is 12.8. The normalized spacial score (nSPS) is 22.5. The minimum atomic E-state index is -0.716. The summed E-state index contributed by atoms with van der Waals surface area (Å²) >= 11 is 6.69. The van der Waals surface area contributed by atoms with Crippen LogP contribution in [0.3, 0.4) is 0 Å². The standard InChI is InChI=1S/C19H20ClFN4O2/c1-25(2)18(27)13-12(22)4-3-10(16(13)21)11-6-23-17-14(15(11)20)19(8-24-17)5-9(19)7-26/h3-4,6,9,26H,5,7-8,22H2,1-2H3,(H,23,24). The van der Waals surface area contributed by atoms with Gasteiger partial charge in [-0.2, -0.15) is 0 Å². The molecule has 1 aromatic heterocycles. The molecule has 1 fully saturated rings. The van der Waals surface area contributed by atoms with Crippen LogP contribution >= 0.6 is 11.6 Å². The summed E-state index contributed by atoms with van der Waals surface area (Å²) in [6.45, 7) is 0.720. The van der Waals surface area contributed by atoms with E-state index in [2.05, 4.69) is 10.3 Å². The molecule has 8 heteroatoms. The molecular formula is C19H20ClFN4O2. The number of hydrogen-bond acceptors (Lipinski definition) is 5. The zero-order valence-corrected chi connectivity index (χ0v) is 15.8. The van der Waals surface area contributed by atoms with Gasteiger partial charge in [0, 0.05) is 61.2 Å². The molecule has 6 nitrogen and oxygen atoms in total. The number of halogens is 2.